The quantitative estimate of drug-likeness (QED) is 0.755. The molecule has 0 saturated heterocycles. The van der Waals surface area contributed by atoms with Crippen molar-refractivity contribution >= 4 is 10.9 Å². The van der Waals surface area contributed by atoms with E-state index < -0.39 is 0 Å². The molecule has 2 aromatic heterocycles. The van der Waals surface area contributed by atoms with Gasteiger partial charge in [-0.3, -0.25) is 0 Å². The third-order valence-corrected chi connectivity index (χ3v) is 3.43. The van der Waals surface area contributed by atoms with Gasteiger partial charge in [0, 0.05) is 29.4 Å². The van der Waals surface area contributed by atoms with Crippen LogP contribution in [-0.4, -0.2) is 11.5 Å². The molecule has 19 heavy (non-hydrogen) atoms. The van der Waals surface area contributed by atoms with Gasteiger partial charge in [-0.1, -0.05) is 0 Å². The predicted molar refractivity (Wildman–Crippen MR) is 72.5 cm³/mol. The Morgan fingerprint density at radius 3 is 2.95 bits per heavy atom. The number of nitrogens with one attached hydrogen (secondary N) is 1. The number of hydrogen-bond donors (Lipinski definition) is 2. The average Bonchev–Trinajstić information content (AvgIpc) is 3.04. The van der Waals surface area contributed by atoms with E-state index in [1.165, 1.54) is 6.07 Å². The molecule has 0 aliphatic rings. The van der Waals surface area contributed by atoms with Crippen molar-refractivity contribution in [3.63, 3.8) is 0 Å². The summed E-state index contributed by atoms with van der Waals surface area (Å²) in [5, 5.41) is 0.891. The first-order valence-corrected chi connectivity index (χ1v) is 6.27. The molecule has 3 N–H and O–H groups in total. The van der Waals surface area contributed by atoms with E-state index >= 15 is 0 Å². The van der Waals surface area contributed by atoms with Gasteiger partial charge in [-0.25, -0.2) is 4.39 Å². The van der Waals surface area contributed by atoms with Crippen molar-refractivity contribution in [1.29, 1.82) is 0 Å². The zero-order valence-corrected chi connectivity index (χ0v) is 10.4. The van der Waals surface area contributed by atoms with Crippen LogP contribution < -0.4 is 5.73 Å². The topological polar surface area (TPSA) is 54.9 Å². The molecule has 1 atom stereocenters. The van der Waals surface area contributed by atoms with Gasteiger partial charge < -0.3 is 15.1 Å². The summed E-state index contributed by atoms with van der Waals surface area (Å²) in [6.45, 7) is 0.490. The predicted octanol–water partition coefficient (Wildman–Crippen LogP) is 3.19. The fraction of sp³-hybridized carbons (Fsp3) is 0.200. The highest BCUT2D eigenvalue weighted by molar-refractivity contribution is 5.83. The van der Waals surface area contributed by atoms with Crippen LogP contribution in [0.25, 0.3) is 10.9 Å². The summed E-state index contributed by atoms with van der Waals surface area (Å²) in [6, 6.07) is 8.53. The molecule has 0 aliphatic heterocycles. The van der Waals surface area contributed by atoms with Crippen LogP contribution in [-0.2, 0) is 6.42 Å². The second-order valence-corrected chi connectivity index (χ2v) is 4.65. The van der Waals surface area contributed by atoms with Crippen molar-refractivity contribution in [2.24, 2.45) is 5.73 Å². The highest BCUT2D eigenvalue weighted by atomic mass is 19.1. The van der Waals surface area contributed by atoms with E-state index in [4.69, 9.17) is 10.2 Å². The van der Waals surface area contributed by atoms with Crippen LogP contribution in [0.15, 0.2) is 47.2 Å². The third-order valence-electron chi connectivity index (χ3n) is 3.43. The summed E-state index contributed by atoms with van der Waals surface area (Å²) in [7, 11) is 0. The van der Waals surface area contributed by atoms with Crippen LogP contribution in [0.4, 0.5) is 4.39 Å². The van der Waals surface area contributed by atoms with Crippen molar-refractivity contribution < 1.29 is 8.81 Å². The molecule has 2 heterocycles. The summed E-state index contributed by atoms with van der Waals surface area (Å²) in [5.41, 5.74) is 7.82. The molecule has 0 bridgehead atoms. The summed E-state index contributed by atoms with van der Waals surface area (Å²) in [4.78, 5) is 3.16. The molecule has 1 aromatic carbocycles. The molecule has 3 nitrogen and oxygen atoms in total. The molecule has 0 amide bonds. The SMILES string of the molecule is NCC(Cc1ccco1)c1c[nH]c2ccc(F)cc12. The minimum atomic E-state index is -0.234. The van der Waals surface area contributed by atoms with Gasteiger partial charge in [0.25, 0.3) is 0 Å². The van der Waals surface area contributed by atoms with E-state index in [-0.39, 0.29) is 11.7 Å². The molecule has 3 rings (SSSR count). The number of furan rings is 1. The van der Waals surface area contributed by atoms with Crippen molar-refractivity contribution in [3.05, 3.63) is 59.9 Å². The number of aromatic nitrogens is 1. The Bertz CT molecular complexity index is 673. The summed E-state index contributed by atoms with van der Waals surface area (Å²) >= 11 is 0. The van der Waals surface area contributed by atoms with E-state index in [1.54, 1.807) is 18.4 Å². The highest BCUT2D eigenvalue weighted by Gasteiger charge is 2.16. The Kier molecular flexibility index (Phi) is 3.09. The number of nitrogens with two attached hydrogens (primary N) is 1. The Morgan fingerprint density at radius 1 is 1.32 bits per heavy atom. The Labute approximate surface area is 110 Å². The first kappa shape index (κ1) is 12.0. The number of fused-ring (bicyclic) bond motifs is 1. The number of aromatic amines is 1. The molecule has 0 aliphatic carbocycles. The second-order valence-electron chi connectivity index (χ2n) is 4.65. The molecule has 1 unspecified atom stereocenters. The number of benzene rings is 1. The van der Waals surface area contributed by atoms with E-state index in [0.717, 1.165) is 22.2 Å². The van der Waals surface area contributed by atoms with Crippen molar-refractivity contribution in [2.45, 2.75) is 12.3 Å². The maximum absolute atomic E-state index is 13.4. The molecular formula is C15H15FN2O. The van der Waals surface area contributed by atoms with Gasteiger partial charge in [-0.2, -0.15) is 0 Å². The zero-order chi connectivity index (χ0) is 13.2. The molecular weight excluding hydrogens is 243 g/mol. The lowest BCUT2D eigenvalue weighted by molar-refractivity contribution is 0.487. The smallest absolute Gasteiger partial charge is 0.123 e. The lowest BCUT2D eigenvalue weighted by atomic mass is 9.94. The molecule has 0 saturated carbocycles. The van der Waals surface area contributed by atoms with Crippen LogP contribution in [0.5, 0.6) is 0 Å². The molecule has 0 fully saturated rings. The van der Waals surface area contributed by atoms with Crippen molar-refractivity contribution in [2.75, 3.05) is 6.54 Å². The normalized spacial score (nSPS) is 12.9. The zero-order valence-electron chi connectivity index (χ0n) is 10.4. The number of hydrogen-bond acceptors (Lipinski definition) is 2. The standard InChI is InChI=1S/C15H15FN2O/c16-11-3-4-15-13(7-11)14(9-18-15)10(8-17)6-12-2-1-5-19-12/h1-5,7,9-10,18H,6,8,17H2. The van der Waals surface area contributed by atoms with E-state index in [1.807, 2.05) is 18.3 Å². The first-order valence-electron chi connectivity index (χ1n) is 6.27. The summed E-state index contributed by atoms with van der Waals surface area (Å²) in [5.74, 6) is 0.769. The monoisotopic (exact) mass is 258 g/mol. The van der Waals surface area contributed by atoms with Crippen molar-refractivity contribution in [3.8, 4) is 0 Å². The van der Waals surface area contributed by atoms with E-state index in [0.29, 0.717) is 13.0 Å². The largest absolute Gasteiger partial charge is 0.469 e. The highest BCUT2D eigenvalue weighted by Crippen LogP contribution is 2.28. The molecule has 0 spiro atoms. The average molecular weight is 258 g/mol. The van der Waals surface area contributed by atoms with Crippen molar-refractivity contribution in [1.82, 2.24) is 4.98 Å². The van der Waals surface area contributed by atoms with Gasteiger partial charge in [-0.05, 0) is 42.4 Å². The third kappa shape index (κ3) is 2.27. The minimum Gasteiger partial charge on any atom is -0.469 e. The number of rotatable bonds is 4. The van der Waals surface area contributed by atoms with Gasteiger partial charge in [0.15, 0.2) is 0 Å². The summed E-state index contributed by atoms with van der Waals surface area (Å²) in [6.07, 6.45) is 4.27. The first-order chi connectivity index (χ1) is 9.28. The van der Waals surface area contributed by atoms with E-state index in [2.05, 4.69) is 4.98 Å². The number of halogens is 1. The lowest BCUT2D eigenvalue weighted by Crippen LogP contribution is -2.14. The van der Waals surface area contributed by atoms with Gasteiger partial charge in [0.2, 0.25) is 0 Å². The van der Waals surface area contributed by atoms with Gasteiger partial charge >= 0.3 is 0 Å². The fourth-order valence-corrected chi connectivity index (χ4v) is 2.44. The summed E-state index contributed by atoms with van der Waals surface area (Å²) < 4.78 is 18.7. The van der Waals surface area contributed by atoms with Gasteiger partial charge in [-0.15, -0.1) is 0 Å². The number of H-pyrrole nitrogens is 1. The van der Waals surface area contributed by atoms with E-state index in [9.17, 15) is 4.39 Å². The maximum atomic E-state index is 13.4. The Morgan fingerprint density at radius 2 is 2.21 bits per heavy atom. The fourth-order valence-electron chi connectivity index (χ4n) is 2.44. The van der Waals surface area contributed by atoms with Crippen LogP contribution in [0.1, 0.15) is 17.2 Å². The Hall–Kier alpha value is -2.07. The van der Waals surface area contributed by atoms with Crippen LogP contribution in [0.2, 0.25) is 0 Å². The van der Waals surface area contributed by atoms with Gasteiger partial charge in [0.05, 0.1) is 6.26 Å². The Balaban J connectivity index is 1.99. The molecule has 4 heteroatoms. The second kappa shape index (κ2) is 4.90. The van der Waals surface area contributed by atoms with Gasteiger partial charge in [0.1, 0.15) is 11.6 Å². The van der Waals surface area contributed by atoms with Crippen LogP contribution in [0.3, 0.4) is 0 Å². The minimum absolute atomic E-state index is 0.113. The molecule has 3 aromatic rings. The van der Waals surface area contributed by atoms with Crippen LogP contribution in [0, 0.1) is 5.82 Å². The molecule has 0 radical (unpaired) electrons. The maximum Gasteiger partial charge on any atom is 0.123 e. The molecule has 98 valence electrons. The van der Waals surface area contributed by atoms with Crippen LogP contribution >= 0.6 is 0 Å². The lowest BCUT2D eigenvalue weighted by Gasteiger charge is -2.12.